The number of rotatable bonds is 2. The Bertz CT molecular complexity index is 573. The summed E-state index contributed by atoms with van der Waals surface area (Å²) in [4.78, 5) is 6.80. The van der Waals surface area contributed by atoms with Gasteiger partial charge < -0.3 is 9.64 Å². The minimum Gasteiger partial charge on any atom is -0.377 e. The van der Waals surface area contributed by atoms with Gasteiger partial charge in [-0.25, -0.2) is 13.4 Å². The van der Waals surface area contributed by atoms with Gasteiger partial charge in [-0.3, -0.25) is 0 Å². The van der Waals surface area contributed by atoms with Gasteiger partial charge in [0.05, 0.1) is 25.0 Å². The van der Waals surface area contributed by atoms with Gasteiger partial charge in [0, 0.05) is 12.8 Å². The molecule has 2 rings (SSSR count). The van der Waals surface area contributed by atoms with Crippen LogP contribution in [0.5, 0.6) is 0 Å². The van der Waals surface area contributed by atoms with Crippen molar-refractivity contribution in [3.63, 3.8) is 0 Å². The van der Waals surface area contributed by atoms with Gasteiger partial charge in [-0.15, -0.1) is 0 Å². The molecule has 0 aromatic carbocycles. The predicted octanol–water partition coefficient (Wildman–Crippen LogP) is 1.93. The van der Waals surface area contributed by atoms with Crippen molar-refractivity contribution in [1.82, 2.24) is 4.90 Å². The second-order valence-electron chi connectivity index (χ2n) is 6.41. The summed E-state index contributed by atoms with van der Waals surface area (Å²) in [7, 11) is -3.09. The van der Waals surface area contributed by atoms with E-state index >= 15 is 0 Å². The van der Waals surface area contributed by atoms with Gasteiger partial charge in [-0.1, -0.05) is 25.4 Å². The largest absolute Gasteiger partial charge is 0.377 e. The molecule has 22 heavy (non-hydrogen) atoms. The lowest BCUT2D eigenvalue weighted by atomic mass is 9.89. The molecule has 2 aliphatic rings. The second kappa shape index (κ2) is 6.89. The molecule has 1 fully saturated rings. The summed E-state index contributed by atoms with van der Waals surface area (Å²) < 4.78 is 29.0. The molecule has 126 valence electrons. The fourth-order valence-corrected chi connectivity index (χ4v) is 4.12. The number of aliphatic imine (C=N–C) groups is 1. The molecule has 5 nitrogen and oxygen atoms in total. The SMILES string of the molecule is CC1C(CS(C)(=O)=O)=CC(N2CCOC[C@H]2C)=NC(Cl)C1C. The normalized spacial score (nSPS) is 34.0. The van der Waals surface area contributed by atoms with Crippen molar-refractivity contribution >= 4 is 27.3 Å². The van der Waals surface area contributed by atoms with Crippen molar-refractivity contribution in [2.75, 3.05) is 31.8 Å². The molecule has 2 aliphatic heterocycles. The third-order valence-electron chi connectivity index (χ3n) is 4.47. The Balaban J connectivity index is 2.37. The van der Waals surface area contributed by atoms with Crippen LogP contribution in [0, 0.1) is 11.8 Å². The fourth-order valence-electron chi connectivity index (χ4n) is 2.85. The van der Waals surface area contributed by atoms with Gasteiger partial charge in [0.25, 0.3) is 0 Å². The average Bonchev–Trinajstić information content (AvgIpc) is 2.51. The molecule has 0 aliphatic carbocycles. The molecule has 0 saturated carbocycles. The summed E-state index contributed by atoms with van der Waals surface area (Å²) in [6.45, 7) is 8.16. The van der Waals surface area contributed by atoms with Gasteiger partial charge in [0.15, 0.2) is 9.84 Å². The first-order valence-electron chi connectivity index (χ1n) is 7.63. The maximum atomic E-state index is 11.7. The van der Waals surface area contributed by atoms with Crippen molar-refractivity contribution < 1.29 is 13.2 Å². The highest BCUT2D eigenvalue weighted by atomic mass is 35.5. The number of hydrogen-bond acceptors (Lipinski definition) is 5. The lowest BCUT2D eigenvalue weighted by molar-refractivity contribution is 0.0335. The van der Waals surface area contributed by atoms with E-state index in [2.05, 4.69) is 16.8 Å². The quantitative estimate of drug-likeness (QED) is 0.565. The summed E-state index contributed by atoms with van der Waals surface area (Å²) >= 11 is 6.44. The number of ether oxygens (including phenoxy) is 1. The molecule has 1 saturated heterocycles. The Labute approximate surface area is 138 Å². The zero-order chi connectivity index (χ0) is 16.5. The van der Waals surface area contributed by atoms with Gasteiger partial charge >= 0.3 is 0 Å². The monoisotopic (exact) mass is 348 g/mol. The number of amidine groups is 1. The van der Waals surface area contributed by atoms with Crippen molar-refractivity contribution in [3.8, 4) is 0 Å². The summed E-state index contributed by atoms with van der Waals surface area (Å²) in [6, 6.07) is 0.204. The van der Waals surface area contributed by atoms with Crippen LogP contribution in [0.15, 0.2) is 16.6 Å². The summed E-state index contributed by atoms with van der Waals surface area (Å²) in [5.41, 5.74) is 0.531. The van der Waals surface area contributed by atoms with Crippen LogP contribution in [0.4, 0.5) is 0 Å². The minimum atomic E-state index is -3.09. The molecule has 7 heteroatoms. The average molecular weight is 349 g/mol. The fraction of sp³-hybridized carbons (Fsp3) is 0.800. The van der Waals surface area contributed by atoms with Crippen molar-refractivity contribution in [2.45, 2.75) is 32.3 Å². The maximum absolute atomic E-state index is 11.7. The number of sulfone groups is 1. The van der Waals surface area contributed by atoms with Crippen LogP contribution < -0.4 is 0 Å². The number of hydrogen-bond donors (Lipinski definition) is 0. The number of halogens is 1. The Hall–Kier alpha value is -0.590. The molecule has 0 amide bonds. The smallest absolute Gasteiger partial charge is 0.151 e. The molecule has 4 atom stereocenters. The van der Waals surface area contributed by atoms with Crippen LogP contribution in [-0.4, -0.2) is 62.5 Å². The van der Waals surface area contributed by atoms with E-state index in [1.54, 1.807) is 0 Å². The lowest BCUT2D eigenvalue weighted by Crippen LogP contribution is -2.46. The van der Waals surface area contributed by atoms with E-state index < -0.39 is 9.84 Å². The van der Waals surface area contributed by atoms with E-state index in [-0.39, 0.29) is 29.1 Å². The first-order valence-corrected chi connectivity index (χ1v) is 10.1. The summed E-state index contributed by atoms with van der Waals surface area (Å²) in [6.07, 6.45) is 3.19. The van der Waals surface area contributed by atoms with Crippen LogP contribution in [0.25, 0.3) is 0 Å². The topological polar surface area (TPSA) is 59.0 Å². The number of nitrogens with zero attached hydrogens (tertiary/aromatic N) is 2. The zero-order valence-electron chi connectivity index (χ0n) is 13.6. The van der Waals surface area contributed by atoms with Crippen molar-refractivity contribution in [2.24, 2.45) is 16.8 Å². The zero-order valence-corrected chi connectivity index (χ0v) is 15.2. The second-order valence-corrected chi connectivity index (χ2v) is 9.00. The molecule has 0 N–H and O–H groups in total. The highest BCUT2D eigenvalue weighted by molar-refractivity contribution is 7.90. The van der Waals surface area contributed by atoms with Crippen LogP contribution >= 0.6 is 11.6 Å². The highest BCUT2D eigenvalue weighted by Gasteiger charge is 2.31. The molecule has 3 unspecified atom stereocenters. The molecule has 0 bridgehead atoms. The minimum absolute atomic E-state index is 0.0554. The Morgan fingerprint density at radius 3 is 2.68 bits per heavy atom. The van der Waals surface area contributed by atoms with Crippen LogP contribution in [0.1, 0.15) is 20.8 Å². The van der Waals surface area contributed by atoms with E-state index in [0.717, 1.165) is 18.0 Å². The number of alkyl halides is 1. The maximum Gasteiger partial charge on any atom is 0.151 e. The predicted molar refractivity (Wildman–Crippen MR) is 90.2 cm³/mol. The van der Waals surface area contributed by atoms with E-state index in [0.29, 0.717) is 13.2 Å². The molecule has 0 radical (unpaired) electrons. The van der Waals surface area contributed by atoms with Crippen LogP contribution in [0.3, 0.4) is 0 Å². The molecular weight excluding hydrogens is 324 g/mol. The molecule has 2 heterocycles. The van der Waals surface area contributed by atoms with Gasteiger partial charge in [-0.2, -0.15) is 0 Å². The van der Waals surface area contributed by atoms with Gasteiger partial charge in [-0.05, 0) is 30.4 Å². The first-order chi connectivity index (χ1) is 10.2. The van der Waals surface area contributed by atoms with Gasteiger partial charge in [0.2, 0.25) is 0 Å². The Morgan fingerprint density at radius 2 is 2.09 bits per heavy atom. The van der Waals surface area contributed by atoms with Crippen molar-refractivity contribution in [3.05, 3.63) is 11.6 Å². The van der Waals surface area contributed by atoms with Crippen molar-refractivity contribution in [1.29, 1.82) is 0 Å². The Kier molecular flexibility index (Phi) is 5.56. The number of morpholine rings is 1. The molecule has 0 aromatic heterocycles. The van der Waals surface area contributed by atoms with E-state index in [1.165, 1.54) is 6.26 Å². The molecule has 0 aromatic rings. The van der Waals surface area contributed by atoms with Gasteiger partial charge in [0.1, 0.15) is 11.3 Å². The lowest BCUT2D eigenvalue weighted by Gasteiger charge is -2.35. The summed E-state index contributed by atoms with van der Waals surface area (Å²) in [5, 5.41) is 0. The van der Waals surface area contributed by atoms with E-state index in [1.807, 2.05) is 19.9 Å². The standard InChI is InChI=1S/C15H25ClN2O3S/c1-10-8-21-6-5-18(10)14-7-13(9-22(4,19)20)11(2)12(3)15(16)17-14/h7,10-12,15H,5-6,8-9H2,1-4H3/t10-,11?,12?,15?/m1/s1. The summed E-state index contributed by atoms with van der Waals surface area (Å²) in [5.74, 6) is 1.00. The van der Waals surface area contributed by atoms with Crippen LogP contribution in [-0.2, 0) is 14.6 Å². The van der Waals surface area contributed by atoms with E-state index in [9.17, 15) is 8.42 Å². The van der Waals surface area contributed by atoms with E-state index in [4.69, 9.17) is 16.3 Å². The molecular formula is C15H25ClN2O3S. The third-order valence-corrected chi connectivity index (χ3v) is 5.82. The van der Waals surface area contributed by atoms with Crippen LogP contribution in [0.2, 0.25) is 0 Å². The third kappa shape index (κ3) is 4.24. The highest BCUT2D eigenvalue weighted by Crippen LogP contribution is 2.31. The molecule has 0 spiro atoms. The Morgan fingerprint density at radius 1 is 1.41 bits per heavy atom. The first kappa shape index (κ1) is 17.8.